The van der Waals surface area contributed by atoms with E-state index < -0.39 is 0 Å². The summed E-state index contributed by atoms with van der Waals surface area (Å²) in [5.41, 5.74) is 0. The minimum Gasteiger partial charge on any atom is -0.737 e. The van der Waals surface area contributed by atoms with Crippen molar-refractivity contribution in [3.63, 3.8) is 0 Å². The Bertz CT molecular complexity index is 249. The molecule has 0 spiro atoms. The Balaban J connectivity index is 3.58. The molecule has 0 rings (SSSR count). The fourth-order valence-corrected chi connectivity index (χ4v) is 1.79. The molecule has 7 heteroatoms. The van der Waals surface area contributed by atoms with Gasteiger partial charge in [0.2, 0.25) is 0 Å². The first kappa shape index (κ1) is 18.9. The first-order valence-corrected chi connectivity index (χ1v) is 7.61. The number of hydrazine groups is 1. The summed E-state index contributed by atoms with van der Waals surface area (Å²) in [4.78, 5) is 0.169. The maximum absolute atomic E-state index is 11.2. The molecule has 0 bridgehead atoms. The van der Waals surface area contributed by atoms with Crippen LogP contribution in [0.2, 0.25) is 0 Å². The third-order valence-electron chi connectivity index (χ3n) is 2.93. The first-order chi connectivity index (χ1) is 9.61. The van der Waals surface area contributed by atoms with E-state index in [2.05, 4.69) is 36.7 Å². The van der Waals surface area contributed by atoms with Gasteiger partial charge in [0.1, 0.15) is 0 Å². The summed E-state index contributed by atoms with van der Waals surface area (Å²) in [7, 11) is 0. The quantitative estimate of drug-likeness (QED) is 0.234. The van der Waals surface area contributed by atoms with Crippen LogP contribution in [-0.2, 0) is 0 Å². The highest BCUT2D eigenvalue weighted by Gasteiger charge is 2.09. The maximum atomic E-state index is 11.2. The van der Waals surface area contributed by atoms with Gasteiger partial charge in [-0.15, -0.1) is 5.01 Å². The topological polar surface area (TPSA) is 88.8 Å². The van der Waals surface area contributed by atoms with Crippen molar-refractivity contribution in [2.45, 2.75) is 52.5 Å². The van der Waals surface area contributed by atoms with Crippen molar-refractivity contribution in [3.8, 4) is 0 Å². The fourth-order valence-electron chi connectivity index (χ4n) is 1.79. The largest absolute Gasteiger partial charge is 0.737 e. The van der Waals surface area contributed by atoms with E-state index >= 15 is 0 Å². The normalized spacial score (nSPS) is 12.1. The number of nitrogens with one attached hydrogen (secondary N) is 2. The van der Waals surface area contributed by atoms with Crippen molar-refractivity contribution in [1.82, 2.24) is 15.6 Å². The lowest BCUT2D eigenvalue weighted by atomic mass is 10.3. The van der Waals surface area contributed by atoms with Crippen LogP contribution in [0.5, 0.6) is 0 Å². The van der Waals surface area contributed by atoms with Gasteiger partial charge in [-0.3, -0.25) is 0 Å². The number of unbranched alkanes of at least 4 members (excludes halogenated alkanes) is 1. The summed E-state index contributed by atoms with van der Waals surface area (Å²) in [6.45, 7) is 10.3. The van der Waals surface area contributed by atoms with Gasteiger partial charge in [-0.2, -0.15) is 0 Å². The van der Waals surface area contributed by atoms with E-state index in [1.54, 1.807) is 0 Å². The highest BCUT2D eigenvalue weighted by atomic mass is 16.6. The van der Waals surface area contributed by atoms with E-state index in [1.807, 2.05) is 0 Å². The summed E-state index contributed by atoms with van der Waals surface area (Å²) in [6.07, 6.45) is 3.80. The molecule has 0 aromatic heterocycles. The second-order valence-electron chi connectivity index (χ2n) is 5.21. The van der Waals surface area contributed by atoms with Crippen LogP contribution in [0.1, 0.15) is 46.5 Å². The number of rotatable bonds is 13. The predicted molar refractivity (Wildman–Crippen MR) is 81.1 cm³/mol. The Hall–Kier alpha value is -1.08. The average Bonchev–Trinajstić information content (AvgIpc) is 2.43. The summed E-state index contributed by atoms with van der Waals surface area (Å²) < 4.78 is 0. The third-order valence-corrected chi connectivity index (χ3v) is 2.93. The second-order valence-corrected chi connectivity index (χ2v) is 5.21. The molecule has 0 atom stereocenters. The SMILES string of the molecule is CCCCN(CCCNCCCNC(C)C)/[N+]([O-])=N/[O-]. The molecule has 20 heavy (non-hydrogen) atoms. The molecule has 2 N–H and O–H groups in total. The zero-order chi connectivity index (χ0) is 15.2. The maximum Gasteiger partial charge on any atom is 0.0780 e. The van der Waals surface area contributed by atoms with Crippen LogP contribution in [0, 0.1) is 10.4 Å². The van der Waals surface area contributed by atoms with Gasteiger partial charge in [0.15, 0.2) is 0 Å². The zero-order valence-electron chi connectivity index (χ0n) is 13.1. The lowest BCUT2D eigenvalue weighted by Gasteiger charge is -2.19. The number of hydrogen-bond acceptors (Lipinski definition) is 5. The minimum absolute atomic E-state index is 0.169. The summed E-state index contributed by atoms with van der Waals surface area (Å²) >= 11 is 0. The monoisotopic (exact) mass is 288 g/mol. The molecule has 0 saturated heterocycles. The highest BCUT2D eigenvalue weighted by molar-refractivity contribution is 4.56. The summed E-state index contributed by atoms with van der Waals surface area (Å²) in [5.74, 6) is 0. The Labute approximate surface area is 122 Å². The fraction of sp³-hybridized carbons (Fsp3) is 1.00. The van der Waals surface area contributed by atoms with Crippen molar-refractivity contribution in [3.05, 3.63) is 10.4 Å². The van der Waals surface area contributed by atoms with Crippen LogP contribution in [0.4, 0.5) is 0 Å². The molecule has 0 aliphatic heterocycles. The molecule has 0 aromatic rings. The van der Waals surface area contributed by atoms with Crippen LogP contribution in [0.15, 0.2) is 5.28 Å². The molecular weight excluding hydrogens is 258 g/mol. The molecule has 0 radical (unpaired) electrons. The predicted octanol–water partition coefficient (Wildman–Crippen LogP) is 1.83. The molecule has 0 amide bonds. The molecule has 0 aromatic carbocycles. The van der Waals surface area contributed by atoms with E-state index in [9.17, 15) is 10.4 Å². The van der Waals surface area contributed by atoms with Crippen molar-refractivity contribution in [2.75, 3.05) is 32.7 Å². The molecule has 0 unspecified atom stereocenters. The van der Waals surface area contributed by atoms with Crippen molar-refractivity contribution >= 4 is 0 Å². The average molecular weight is 288 g/mol. The smallest absolute Gasteiger partial charge is 0.0780 e. The number of hydrogen-bond donors (Lipinski definition) is 2. The molecular formula is C13H30N5O2-. The Morgan fingerprint density at radius 2 is 1.75 bits per heavy atom. The van der Waals surface area contributed by atoms with Crippen molar-refractivity contribution in [2.24, 2.45) is 5.28 Å². The molecule has 0 heterocycles. The van der Waals surface area contributed by atoms with Crippen LogP contribution >= 0.6 is 0 Å². The van der Waals surface area contributed by atoms with E-state index in [-0.39, 0.29) is 4.97 Å². The van der Waals surface area contributed by atoms with Gasteiger partial charge in [-0.1, -0.05) is 27.2 Å². The van der Waals surface area contributed by atoms with Gasteiger partial charge >= 0.3 is 0 Å². The van der Waals surface area contributed by atoms with Crippen LogP contribution in [0.3, 0.4) is 0 Å². The molecule has 120 valence electrons. The Morgan fingerprint density at radius 3 is 2.35 bits per heavy atom. The van der Waals surface area contributed by atoms with Crippen LogP contribution < -0.4 is 10.6 Å². The van der Waals surface area contributed by atoms with E-state index in [1.165, 1.54) is 5.01 Å². The Kier molecular flexibility index (Phi) is 12.2. The lowest BCUT2D eigenvalue weighted by molar-refractivity contribution is -0.690. The van der Waals surface area contributed by atoms with Crippen molar-refractivity contribution < 1.29 is 4.97 Å². The van der Waals surface area contributed by atoms with Crippen LogP contribution in [0.25, 0.3) is 0 Å². The molecule has 7 nitrogen and oxygen atoms in total. The van der Waals surface area contributed by atoms with Gasteiger partial charge in [0.05, 0.1) is 13.1 Å². The van der Waals surface area contributed by atoms with Gasteiger partial charge < -0.3 is 21.0 Å². The van der Waals surface area contributed by atoms with Gasteiger partial charge in [-0.05, 0) is 44.2 Å². The van der Waals surface area contributed by atoms with E-state index in [0.717, 1.165) is 45.3 Å². The highest BCUT2D eigenvalue weighted by Crippen LogP contribution is 1.98. The van der Waals surface area contributed by atoms with E-state index in [0.29, 0.717) is 19.1 Å². The van der Waals surface area contributed by atoms with Gasteiger partial charge in [0, 0.05) is 11.0 Å². The third kappa shape index (κ3) is 10.8. The summed E-state index contributed by atoms with van der Waals surface area (Å²) in [5, 5.41) is 32.1. The molecule has 0 saturated carbocycles. The van der Waals surface area contributed by atoms with Crippen LogP contribution in [-0.4, -0.2) is 48.7 Å². The Morgan fingerprint density at radius 1 is 1.10 bits per heavy atom. The molecule has 0 fully saturated rings. The number of nitrogens with zero attached hydrogens (tertiary/aromatic N) is 3. The zero-order valence-corrected chi connectivity index (χ0v) is 13.1. The lowest BCUT2D eigenvalue weighted by Crippen LogP contribution is -2.34. The summed E-state index contributed by atoms with van der Waals surface area (Å²) in [6, 6.07) is 0.529. The van der Waals surface area contributed by atoms with E-state index in [4.69, 9.17) is 0 Å². The molecule has 0 aliphatic carbocycles. The minimum atomic E-state index is 0.169. The van der Waals surface area contributed by atoms with Gasteiger partial charge in [-0.25, -0.2) is 0 Å². The first-order valence-electron chi connectivity index (χ1n) is 7.61. The second kappa shape index (κ2) is 12.9. The standard InChI is InChI=1S/C13H31N5O2/c1-4-5-11-17(18(20)16-19)12-7-9-14-8-6-10-15-13(2)3/h13-15,19H,4-12H2,1-3H3/p-1/b18-16-. The molecule has 0 aliphatic rings. The van der Waals surface area contributed by atoms with Gasteiger partial charge in [0.25, 0.3) is 0 Å². The van der Waals surface area contributed by atoms with Crippen molar-refractivity contribution in [1.29, 1.82) is 0 Å².